The Hall–Kier alpha value is -2.64. The van der Waals surface area contributed by atoms with Crippen LogP contribution in [0.5, 0.6) is 0 Å². The lowest BCUT2D eigenvalue weighted by molar-refractivity contribution is -0.133. The van der Waals surface area contributed by atoms with Crippen molar-refractivity contribution in [2.45, 2.75) is 31.9 Å². The molecule has 4 nitrogen and oxygen atoms in total. The van der Waals surface area contributed by atoms with E-state index in [2.05, 4.69) is 5.32 Å². The Kier molecular flexibility index (Phi) is 4.60. The van der Waals surface area contributed by atoms with Crippen molar-refractivity contribution >= 4 is 11.8 Å². The number of alkyl halides is 2. The van der Waals surface area contributed by atoms with E-state index in [-0.39, 0.29) is 29.7 Å². The van der Waals surface area contributed by atoms with Crippen molar-refractivity contribution in [3.8, 4) is 0 Å². The number of carbonyl (C=O) groups excluding carboxylic acids is 1. The minimum absolute atomic E-state index is 0.00787. The summed E-state index contributed by atoms with van der Waals surface area (Å²) >= 11 is 0. The minimum Gasteiger partial charge on any atom is -0.478 e. The van der Waals surface area contributed by atoms with Gasteiger partial charge in [-0.1, -0.05) is 0 Å². The van der Waals surface area contributed by atoms with Gasteiger partial charge in [-0.3, -0.25) is 4.79 Å². The predicted octanol–water partition coefficient (Wildman–Crippen LogP) is 3.61. The summed E-state index contributed by atoms with van der Waals surface area (Å²) in [5.41, 5.74) is -1.41. The predicted molar refractivity (Wildman–Crippen MR) is 83.7 cm³/mol. The van der Waals surface area contributed by atoms with E-state index in [4.69, 9.17) is 0 Å². The molecule has 2 aliphatic rings. The maximum atomic E-state index is 14.2. The number of carboxylic acid groups (broad SMARTS) is 1. The van der Waals surface area contributed by atoms with Gasteiger partial charge in [0.15, 0.2) is 5.78 Å². The van der Waals surface area contributed by atoms with Crippen LogP contribution in [0.4, 0.5) is 17.6 Å². The van der Waals surface area contributed by atoms with Gasteiger partial charge in [-0.15, -0.1) is 0 Å². The molecule has 2 atom stereocenters. The summed E-state index contributed by atoms with van der Waals surface area (Å²) in [6, 6.07) is 1.29. The van der Waals surface area contributed by atoms with Gasteiger partial charge in [-0.05, 0) is 25.0 Å². The number of hydrogen-bond acceptors (Lipinski definition) is 3. The molecule has 1 aromatic carbocycles. The zero-order valence-electron chi connectivity index (χ0n) is 13.7. The lowest BCUT2D eigenvalue weighted by Crippen LogP contribution is -2.31. The van der Waals surface area contributed by atoms with E-state index in [0.29, 0.717) is 11.8 Å². The highest BCUT2D eigenvalue weighted by molar-refractivity contribution is 6.04. The van der Waals surface area contributed by atoms with E-state index in [1.165, 1.54) is 0 Å². The summed E-state index contributed by atoms with van der Waals surface area (Å²) in [5.74, 6) is -5.64. The standard InChI is InChI=1S/C18H15F4NO3/c1-7(20)14-9(4-8(21)5-10(14)22)15-16-11(2-3-13(16)24)23-12(6-19)17(15)18(25)26/h4-5,7,15,23H,2-3,6H2,1H3,(H,25,26)/t7-,15-/m0/s1. The normalized spacial score (nSPS) is 21.0. The molecule has 0 fully saturated rings. The molecule has 138 valence electrons. The molecule has 1 aliphatic carbocycles. The Labute approximate surface area is 146 Å². The van der Waals surface area contributed by atoms with Crippen molar-refractivity contribution in [2.75, 3.05) is 6.67 Å². The first-order valence-electron chi connectivity index (χ1n) is 7.94. The van der Waals surface area contributed by atoms with Gasteiger partial charge in [0.2, 0.25) is 0 Å². The molecule has 0 spiro atoms. The zero-order chi connectivity index (χ0) is 19.2. The van der Waals surface area contributed by atoms with Crippen LogP contribution in [-0.2, 0) is 9.59 Å². The van der Waals surface area contributed by atoms with Crippen molar-refractivity contribution in [1.29, 1.82) is 0 Å². The van der Waals surface area contributed by atoms with Crippen molar-refractivity contribution in [3.05, 3.63) is 57.4 Å². The van der Waals surface area contributed by atoms with E-state index >= 15 is 0 Å². The molecule has 0 aromatic heterocycles. The second-order valence-electron chi connectivity index (χ2n) is 6.21. The third-order valence-electron chi connectivity index (χ3n) is 4.63. The molecule has 0 bridgehead atoms. The van der Waals surface area contributed by atoms with E-state index in [0.717, 1.165) is 13.0 Å². The summed E-state index contributed by atoms with van der Waals surface area (Å²) in [6.07, 6.45) is -1.61. The molecule has 8 heteroatoms. The maximum absolute atomic E-state index is 14.2. The number of Topliss-reactive ketones (excluding diaryl/α,β-unsaturated/α-hetero) is 1. The van der Waals surface area contributed by atoms with Crippen molar-refractivity contribution in [1.82, 2.24) is 5.32 Å². The number of carboxylic acids is 1. The van der Waals surface area contributed by atoms with Gasteiger partial charge >= 0.3 is 5.97 Å². The molecule has 3 rings (SSSR count). The number of allylic oxidation sites excluding steroid dienone is 3. The maximum Gasteiger partial charge on any atom is 0.334 e. The van der Waals surface area contributed by atoms with Crippen LogP contribution in [0.1, 0.15) is 43.0 Å². The first kappa shape index (κ1) is 18.2. The van der Waals surface area contributed by atoms with Gasteiger partial charge in [0.25, 0.3) is 0 Å². The van der Waals surface area contributed by atoms with Gasteiger partial charge < -0.3 is 10.4 Å². The highest BCUT2D eigenvalue weighted by atomic mass is 19.1. The molecular formula is C18H15F4NO3. The first-order chi connectivity index (χ1) is 12.3. The number of halogens is 4. The molecule has 2 N–H and O–H groups in total. The number of hydrogen-bond donors (Lipinski definition) is 2. The smallest absolute Gasteiger partial charge is 0.334 e. The first-order valence-corrected chi connectivity index (χ1v) is 7.94. The highest BCUT2D eigenvalue weighted by Crippen LogP contribution is 2.46. The lowest BCUT2D eigenvalue weighted by atomic mass is 9.77. The minimum atomic E-state index is -1.88. The van der Waals surface area contributed by atoms with Gasteiger partial charge in [-0.2, -0.15) is 0 Å². The van der Waals surface area contributed by atoms with Gasteiger partial charge in [-0.25, -0.2) is 22.4 Å². The SMILES string of the molecule is C[C@H](F)c1c(F)cc(F)cc1[C@@H]1C(C(=O)O)=C(CF)NC2=C1C(=O)CC2. The van der Waals surface area contributed by atoms with Gasteiger partial charge in [0, 0.05) is 35.2 Å². The quantitative estimate of drug-likeness (QED) is 0.796. The molecule has 1 aromatic rings. The third kappa shape index (κ3) is 2.79. The summed E-state index contributed by atoms with van der Waals surface area (Å²) < 4.78 is 55.6. The fourth-order valence-electron chi connectivity index (χ4n) is 3.64. The van der Waals surface area contributed by atoms with Crippen molar-refractivity contribution in [2.24, 2.45) is 0 Å². The van der Waals surface area contributed by atoms with Crippen LogP contribution in [0, 0.1) is 11.6 Å². The molecule has 0 radical (unpaired) electrons. The topological polar surface area (TPSA) is 66.4 Å². The summed E-state index contributed by atoms with van der Waals surface area (Å²) in [6.45, 7) is -0.158. The average molecular weight is 369 g/mol. The number of benzene rings is 1. The molecular weight excluding hydrogens is 354 g/mol. The van der Waals surface area contributed by atoms with Crippen LogP contribution < -0.4 is 5.32 Å². The summed E-state index contributed by atoms with van der Waals surface area (Å²) in [7, 11) is 0. The zero-order valence-corrected chi connectivity index (χ0v) is 13.7. The molecule has 1 heterocycles. The molecule has 0 saturated carbocycles. The van der Waals surface area contributed by atoms with Crippen LogP contribution >= 0.6 is 0 Å². The number of dihydropyridines is 1. The highest BCUT2D eigenvalue weighted by Gasteiger charge is 2.42. The molecule has 0 amide bonds. The largest absolute Gasteiger partial charge is 0.478 e. The Morgan fingerprint density at radius 3 is 2.62 bits per heavy atom. The molecule has 0 saturated heterocycles. The Balaban J connectivity index is 2.35. The van der Waals surface area contributed by atoms with Crippen LogP contribution in [0.2, 0.25) is 0 Å². The molecule has 1 aliphatic heterocycles. The van der Waals surface area contributed by atoms with E-state index in [9.17, 15) is 32.3 Å². The number of ketones is 1. The summed E-state index contributed by atoms with van der Waals surface area (Å²) in [4.78, 5) is 24.1. The fourth-order valence-corrected chi connectivity index (χ4v) is 3.64. The Morgan fingerprint density at radius 2 is 2.04 bits per heavy atom. The number of nitrogens with one attached hydrogen (secondary N) is 1. The summed E-state index contributed by atoms with van der Waals surface area (Å²) in [5, 5.41) is 12.2. The van der Waals surface area contributed by atoms with Crippen LogP contribution in [-0.4, -0.2) is 23.5 Å². The Bertz CT molecular complexity index is 873. The van der Waals surface area contributed by atoms with Crippen LogP contribution in [0.15, 0.2) is 34.7 Å². The van der Waals surface area contributed by atoms with E-state index in [1.54, 1.807) is 0 Å². The lowest BCUT2D eigenvalue weighted by Gasteiger charge is -2.30. The van der Waals surface area contributed by atoms with E-state index in [1.807, 2.05) is 0 Å². The third-order valence-corrected chi connectivity index (χ3v) is 4.63. The van der Waals surface area contributed by atoms with Gasteiger partial charge in [0.05, 0.1) is 11.3 Å². The van der Waals surface area contributed by atoms with Gasteiger partial charge in [0.1, 0.15) is 24.5 Å². The van der Waals surface area contributed by atoms with Crippen LogP contribution in [0.25, 0.3) is 0 Å². The molecule has 0 unspecified atom stereocenters. The number of carbonyl (C=O) groups is 2. The monoisotopic (exact) mass is 369 g/mol. The average Bonchev–Trinajstić information content (AvgIpc) is 2.92. The van der Waals surface area contributed by atoms with Crippen LogP contribution in [0.3, 0.4) is 0 Å². The second kappa shape index (κ2) is 6.59. The fraction of sp³-hybridized carbons (Fsp3) is 0.333. The second-order valence-corrected chi connectivity index (χ2v) is 6.21. The van der Waals surface area contributed by atoms with Crippen molar-refractivity contribution in [3.63, 3.8) is 0 Å². The number of aliphatic carboxylic acids is 1. The number of rotatable bonds is 4. The molecule has 26 heavy (non-hydrogen) atoms. The van der Waals surface area contributed by atoms with E-state index < -0.39 is 53.3 Å². The Morgan fingerprint density at radius 1 is 1.35 bits per heavy atom. The van der Waals surface area contributed by atoms with Crippen molar-refractivity contribution < 1.29 is 32.3 Å².